The molecule has 0 amide bonds. The van der Waals surface area contributed by atoms with Crippen molar-refractivity contribution in [2.45, 2.75) is 0 Å². The van der Waals surface area contributed by atoms with Gasteiger partial charge in [0.05, 0.1) is 5.56 Å². The van der Waals surface area contributed by atoms with Gasteiger partial charge in [-0.25, -0.2) is 4.79 Å². The maximum Gasteiger partial charge on any atom is 0.707 e. The van der Waals surface area contributed by atoms with Gasteiger partial charge in [-0.1, -0.05) is 0 Å². The molecule has 0 atom stereocenters. The summed E-state index contributed by atoms with van der Waals surface area (Å²) >= 11 is 0. The van der Waals surface area contributed by atoms with Gasteiger partial charge < -0.3 is 25.5 Å². The maximum atomic E-state index is 10.6. The number of carboxylic acids is 1. The lowest BCUT2D eigenvalue weighted by atomic mass is 10.1. The number of carbonyl (C=O) groups is 1. The molecule has 6 nitrogen and oxygen atoms in total. The van der Waals surface area contributed by atoms with E-state index in [1.165, 1.54) is 12.1 Å². The van der Waals surface area contributed by atoms with Gasteiger partial charge in [0, 0.05) is 11.8 Å². The molecule has 1 rings (SSSR count). The van der Waals surface area contributed by atoms with Crippen molar-refractivity contribution in [3.05, 3.63) is 23.8 Å². The van der Waals surface area contributed by atoms with Crippen LogP contribution in [0.3, 0.4) is 0 Å². The maximum absolute atomic E-state index is 10.6. The zero-order valence-electron chi connectivity index (χ0n) is 7.04. The predicted octanol–water partition coefficient (Wildman–Crippen LogP) is -0.685. The Morgan fingerprint density at radius 3 is 2.50 bits per heavy atom. The smallest absolute Gasteiger partial charge is 0.512 e. The summed E-state index contributed by atoms with van der Waals surface area (Å²) in [5, 5.41) is 25.6. The zero-order valence-corrected chi connectivity index (χ0v) is 7.04. The first kappa shape index (κ1) is 10.4. The van der Waals surface area contributed by atoms with Crippen LogP contribution in [0.5, 0.6) is 5.75 Å². The van der Waals surface area contributed by atoms with Crippen molar-refractivity contribution >= 4 is 19.0 Å². The van der Waals surface area contributed by atoms with Gasteiger partial charge in [-0.3, -0.25) is 0 Å². The highest BCUT2D eigenvalue weighted by Gasteiger charge is 2.13. The van der Waals surface area contributed by atoms with Gasteiger partial charge in [0.2, 0.25) is 0 Å². The molecule has 0 aliphatic rings. The molecule has 0 aliphatic carbocycles. The van der Waals surface area contributed by atoms with Gasteiger partial charge in [0.15, 0.2) is 0 Å². The molecule has 0 saturated heterocycles. The minimum absolute atomic E-state index is 0.0163. The van der Waals surface area contributed by atoms with E-state index in [0.717, 1.165) is 6.07 Å². The van der Waals surface area contributed by atoms with Gasteiger partial charge in [-0.2, -0.15) is 0 Å². The Labute approximate surface area is 79.7 Å². The minimum atomic E-state index is -2.00. The van der Waals surface area contributed by atoms with Crippen LogP contribution in [0.1, 0.15) is 10.4 Å². The van der Waals surface area contributed by atoms with Crippen molar-refractivity contribution < 1.29 is 24.6 Å². The minimum Gasteiger partial charge on any atom is -0.512 e. The van der Waals surface area contributed by atoms with Gasteiger partial charge in [-0.05, 0) is 12.1 Å². The molecule has 1 aromatic rings. The summed E-state index contributed by atoms with van der Waals surface area (Å²) in [7, 11) is -2.00. The molecule has 14 heavy (non-hydrogen) atoms. The van der Waals surface area contributed by atoms with Crippen molar-refractivity contribution in [1.82, 2.24) is 0 Å². The number of rotatable bonds is 3. The lowest BCUT2D eigenvalue weighted by molar-refractivity contribution is 0.0696. The lowest BCUT2D eigenvalue weighted by Gasteiger charge is -2.06. The van der Waals surface area contributed by atoms with Crippen molar-refractivity contribution in [1.29, 1.82) is 0 Å². The Kier molecular flexibility index (Phi) is 2.95. The third-order valence-electron chi connectivity index (χ3n) is 1.42. The van der Waals surface area contributed by atoms with Crippen LogP contribution in [0.4, 0.5) is 5.69 Å². The second-order valence-corrected chi connectivity index (χ2v) is 2.54. The lowest BCUT2D eigenvalue weighted by Crippen LogP contribution is -2.20. The van der Waals surface area contributed by atoms with Gasteiger partial charge in [-0.15, -0.1) is 0 Å². The summed E-state index contributed by atoms with van der Waals surface area (Å²) in [6, 6.07) is 3.66. The Morgan fingerprint density at radius 1 is 1.36 bits per heavy atom. The highest BCUT2D eigenvalue weighted by atomic mass is 16.6. The summed E-state index contributed by atoms with van der Waals surface area (Å²) in [5.41, 5.74) is 5.45. The molecule has 7 heteroatoms. The first-order valence-electron chi connectivity index (χ1n) is 3.65. The van der Waals surface area contributed by atoms with Crippen LogP contribution in [0, 0.1) is 0 Å². The molecule has 1 aromatic carbocycles. The third-order valence-corrected chi connectivity index (χ3v) is 1.42. The quantitative estimate of drug-likeness (QED) is 0.377. The molecular weight excluding hydrogens is 189 g/mol. The molecule has 0 fully saturated rings. The summed E-state index contributed by atoms with van der Waals surface area (Å²) in [5.74, 6) is -1.19. The van der Waals surface area contributed by atoms with Crippen LogP contribution in [0.2, 0.25) is 0 Å². The van der Waals surface area contributed by atoms with Crippen molar-refractivity contribution in [2.24, 2.45) is 0 Å². The standard InChI is InChI=1S/C7H8BNO5/c9-5-1-4(7(10)11)2-6(3-5)14-8(12)13/h1-3,12-13H,9H2,(H,10,11). The highest BCUT2D eigenvalue weighted by molar-refractivity contribution is 6.33. The van der Waals surface area contributed by atoms with Crippen molar-refractivity contribution in [3.8, 4) is 5.75 Å². The van der Waals surface area contributed by atoms with E-state index in [1.807, 2.05) is 0 Å². The molecule has 0 radical (unpaired) electrons. The molecule has 0 bridgehead atoms. The van der Waals surface area contributed by atoms with Crippen LogP contribution in [-0.2, 0) is 0 Å². The van der Waals surface area contributed by atoms with E-state index in [-0.39, 0.29) is 17.0 Å². The highest BCUT2D eigenvalue weighted by Crippen LogP contribution is 2.18. The Bertz CT molecular complexity index is 354. The van der Waals surface area contributed by atoms with Gasteiger partial charge >= 0.3 is 13.3 Å². The number of benzene rings is 1. The average molecular weight is 197 g/mol. The fourth-order valence-corrected chi connectivity index (χ4v) is 0.935. The molecule has 0 spiro atoms. The molecule has 74 valence electrons. The van der Waals surface area contributed by atoms with Crippen molar-refractivity contribution in [3.63, 3.8) is 0 Å². The van der Waals surface area contributed by atoms with E-state index in [1.54, 1.807) is 0 Å². The van der Waals surface area contributed by atoms with Crippen LogP contribution in [0.15, 0.2) is 18.2 Å². The summed E-state index contributed by atoms with van der Waals surface area (Å²) in [4.78, 5) is 10.6. The van der Waals surface area contributed by atoms with E-state index in [2.05, 4.69) is 4.65 Å². The average Bonchev–Trinajstić information content (AvgIpc) is 2.01. The fraction of sp³-hybridized carbons (Fsp3) is 0. The Hall–Kier alpha value is -1.73. The Morgan fingerprint density at radius 2 is 2.00 bits per heavy atom. The zero-order chi connectivity index (χ0) is 10.7. The number of carboxylic acid groups (broad SMARTS) is 1. The molecular formula is C7H8BNO5. The number of hydrogen-bond donors (Lipinski definition) is 4. The van der Waals surface area contributed by atoms with E-state index in [9.17, 15) is 4.79 Å². The third kappa shape index (κ3) is 2.65. The van der Waals surface area contributed by atoms with E-state index in [0.29, 0.717) is 0 Å². The van der Waals surface area contributed by atoms with Crippen LogP contribution in [-0.4, -0.2) is 28.4 Å². The van der Waals surface area contributed by atoms with Gasteiger partial charge in [0.25, 0.3) is 0 Å². The molecule has 0 unspecified atom stereocenters. The predicted molar refractivity (Wildman–Crippen MR) is 48.6 cm³/mol. The molecule has 0 saturated carbocycles. The Balaban J connectivity index is 3.01. The molecule has 5 N–H and O–H groups in total. The molecule has 0 aliphatic heterocycles. The largest absolute Gasteiger partial charge is 0.707 e. The van der Waals surface area contributed by atoms with Crippen LogP contribution in [0.25, 0.3) is 0 Å². The summed E-state index contributed by atoms with van der Waals surface area (Å²) < 4.78 is 4.45. The second kappa shape index (κ2) is 3.99. The SMILES string of the molecule is Nc1cc(OB(O)O)cc(C(=O)O)c1. The first-order valence-corrected chi connectivity index (χ1v) is 3.65. The monoisotopic (exact) mass is 197 g/mol. The number of aromatic carboxylic acids is 1. The fourth-order valence-electron chi connectivity index (χ4n) is 0.935. The van der Waals surface area contributed by atoms with Crippen LogP contribution < -0.4 is 10.4 Å². The van der Waals surface area contributed by atoms with E-state index < -0.39 is 13.3 Å². The normalized spacial score (nSPS) is 9.57. The number of nitrogen functional groups attached to an aromatic ring is 1. The summed E-state index contributed by atoms with van der Waals surface area (Å²) in [6.07, 6.45) is 0. The molecule has 0 aromatic heterocycles. The number of nitrogens with two attached hydrogens (primary N) is 1. The first-order chi connectivity index (χ1) is 6.49. The topological polar surface area (TPSA) is 113 Å². The molecule has 0 heterocycles. The summed E-state index contributed by atoms with van der Waals surface area (Å²) in [6.45, 7) is 0. The number of anilines is 1. The number of hydrogen-bond acceptors (Lipinski definition) is 5. The van der Waals surface area contributed by atoms with E-state index in [4.69, 9.17) is 20.9 Å². The van der Waals surface area contributed by atoms with Crippen LogP contribution >= 0.6 is 0 Å². The van der Waals surface area contributed by atoms with Gasteiger partial charge in [0.1, 0.15) is 5.75 Å². The second-order valence-electron chi connectivity index (χ2n) is 2.54. The van der Waals surface area contributed by atoms with Crippen molar-refractivity contribution in [2.75, 3.05) is 5.73 Å². The van der Waals surface area contributed by atoms with E-state index >= 15 is 0 Å².